The predicted molar refractivity (Wildman–Crippen MR) is 93.4 cm³/mol. The Bertz CT molecular complexity index is 626. The average molecular weight is 383 g/mol. The molecule has 0 saturated heterocycles. The molecule has 0 bridgehead atoms. The van der Waals surface area contributed by atoms with Crippen LogP contribution in [-0.4, -0.2) is 38.1 Å². The number of nitrogens with two attached hydrogens (primary N) is 1. The molecule has 0 aliphatic rings. The van der Waals surface area contributed by atoms with Crippen LogP contribution in [0.25, 0.3) is 0 Å². The molecule has 0 aliphatic carbocycles. The maximum atomic E-state index is 12.4. The fourth-order valence-corrected chi connectivity index (χ4v) is 3.84. The fourth-order valence-electron chi connectivity index (χ4n) is 2.31. The second-order valence-corrected chi connectivity index (χ2v) is 7.72. The number of hydrogen-bond acceptors (Lipinski definition) is 6. The van der Waals surface area contributed by atoms with Gasteiger partial charge in [0.15, 0.2) is 5.76 Å². The Morgan fingerprint density at radius 2 is 1.88 bits per heavy atom. The molecule has 0 spiro atoms. The van der Waals surface area contributed by atoms with Crippen molar-refractivity contribution in [1.29, 1.82) is 0 Å². The van der Waals surface area contributed by atoms with Gasteiger partial charge in [0, 0.05) is 12.6 Å². The van der Waals surface area contributed by atoms with Gasteiger partial charge >= 0.3 is 0 Å². The van der Waals surface area contributed by atoms with E-state index in [1.165, 1.54) is 20.8 Å². The van der Waals surface area contributed by atoms with Gasteiger partial charge < -0.3 is 15.6 Å². The van der Waals surface area contributed by atoms with E-state index < -0.39 is 22.0 Å². The molecule has 10 heteroatoms. The molecule has 0 fully saturated rings. The van der Waals surface area contributed by atoms with Crippen molar-refractivity contribution in [2.75, 3.05) is 6.54 Å². The number of rotatable bonds is 8. The SMILES string of the molecule is Cc1noc(C)c1S(=O)(=O)NC(C)C(=O)NC(CN)CC(C)C.Cl. The summed E-state index contributed by atoms with van der Waals surface area (Å²) in [5.41, 5.74) is 5.89. The van der Waals surface area contributed by atoms with Crippen LogP contribution in [0, 0.1) is 19.8 Å². The third-order valence-corrected chi connectivity index (χ3v) is 5.13. The van der Waals surface area contributed by atoms with Gasteiger partial charge in [0.25, 0.3) is 0 Å². The molecular formula is C14H27ClN4O4S. The number of sulfonamides is 1. The van der Waals surface area contributed by atoms with Crippen molar-refractivity contribution in [2.45, 2.75) is 58.0 Å². The van der Waals surface area contributed by atoms with Crippen molar-refractivity contribution in [3.8, 4) is 0 Å². The lowest BCUT2D eigenvalue weighted by Crippen LogP contribution is -2.50. The summed E-state index contributed by atoms with van der Waals surface area (Å²) in [6.45, 7) is 8.87. The van der Waals surface area contributed by atoms with E-state index in [2.05, 4.69) is 15.2 Å². The molecule has 1 rings (SSSR count). The van der Waals surface area contributed by atoms with Crippen LogP contribution in [0.1, 0.15) is 38.6 Å². The fraction of sp³-hybridized carbons (Fsp3) is 0.714. The highest BCUT2D eigenvalue weighted by atomic mass is 35.5. The second-order valence-electron chi connectivity index (χ2n) is 6.07. The van der Waals surface area contributed by atoms with Crippen LogP contribution in [0.4, 0.5) is 0 Å². The van der Waals surface area contributed by atoms with Crippen molar-refractivity contribution in [1.82, 2.24) is 15.2 Å². The van der Waals surface area contributed by atoms with E-state index in [0.717, 1.165) is 6.42 Å². The molecule has 1 heterocycles. The minimum atomic E-state index is -3.89. The number of nitrogens with zero attached hydrogens (tertiary/aromatic N) is 1. The Hall–Kier alpha value is -1.16. The Morgan fingerprint density at radius 3 is 2.29 bits per heavy atom. The predicted octanol–water partition coefficient (Wildman–Crippen LogP) is 0.870. The zero-order chi connectivity index (χ0) is 17.8. The van der Waals surface area contributed by atoms with Crippen LogP contribution >= 0.6 is 12.4 Å². The molecule has 24 heavy (non-hydrogen) atoms. The van der Waals surface area contributed by atoms with Crippen LogP contribution in [0.5, 0.6) is 0 Å². The summed E-state index contributed by atoms with van der Waals surface area (Å²) in [6, 6.07) is -1.12. The number of nitrogens with one attached hydrogen (secondary N) is 2. The first-order chi connectivity index (χ1) is 10.6. The number of carbonyl (C=O) groups excluding carboxylic acids is 1. The number of amides is 1. The number of hydrogen-bond donors (Lipinski definition) is 3. The number of aryl methyl sites for hydroxylation is 2. The quantitative estimate of drug-likeness (QED) is 0.612. The summed E-state index contributed by atoms with van der Waals surface area (Å²) in [6.07, 6.45) is 0.728. The van der Waals surface area contributed by atoms with E-state index in [0.29, 0.717) is 12.5 Å². The molecule has 8 nitrogen and oxygen atoms in total. The molecule has 0 aliphatic heterocycles. The monoisotopic (exact) mass is 382 g/mol. The van der Waals surface area contributed by atoms with Crippen molar-refractivity contribution < 1.29 is 17.7 Å². The van der Waals surface area contributed by atoms with Gasteiger partial charge in [-0.3, -0.25) is 4.79 Å². The van der Waals surface area contributed by atoms with E-state index >= 15 is 0 Å². The summed E-state index contributed by atoms with van der Waals surface area (Å²) < 4.78 is 31.9. The van der Waals surface area contributed by atoms with Crippen molar-refractivity contribution in [2.24, 2.45) is 11.7 Å². The number of halogens is 1. The molecule has 0 radical (unpaired) electrons. The molecule has 1 aromatic rings. The lowest BCUT2D eigenvalue weighted by atomic mass is 10.0. The molecular weight excluding hydrogens is 356 g/mol. The van der Waals surface area contributed by atoms with E-state index in [-0.39, 0.29) is 34.8 Å². The summed E-state index contributed by atoms with van der Waals surface area (Å²) in [5.74, 6) is 0.136. The molecule has 0 saturated carbocycles. The Morgan fingerprint density at radius 1 is 1.29 bits per heavy atom. The number of aromatic nitrogens is 1. The summed E-state index contributed by atoms with van der Waals surface area (Å²) in [4.78, 5) is 12.1. The van der Waals surface area contributed by atoms with E-state index in [1.807, 2.05) is 13.8 Å². The van der Waals surface area contributed by atoms with Gasteiger partial charge in [-0.1, -0.05) is 19.0 Å². The molecule has 4 N–H and O–H groups in total. The standard InChI is InChI=1S/C14H26N4O4S.ClH/c1-8(2)6-12(7-15)16-14(19)10(4)18-23(20,21)13-9(3)17-22-11(13)5;/h8,10,12,18H,6-7,15H2,1-5H3,(H,16,19);1H. The van der Waals surface area contributed by atoms with Crippen LogP contribution in [0.3, 0.4) is 0 Å². The van der Waals surface area contributed by atoms with Crippen LogP contribution in [0.2, 0.25) is 0 Å². The molecule has 1 amide bonds. The minimum Gasteiger partial charge on any atom is -0.360 e. The maximum Gasteiger partial charge on any atom is 0.246 e. The van der Waals surface area contributed by atoms with E-state index in [1.54, 1.807) is 0 Å². The minimum absolute atomic E-state index is 0. The largest absolute Gasteiger partial charge is 0.360 e. The van der Waals surface area contributed by atoms with E-state index in [9.17, 15) is 13.2 Å². The first kappa shape index (κ1) is 22.8. The molecule has 0 aromatic carbocycles. The lowest BCUT2D eigenvalue weighted by Gasteiger charge is -2.21. The van der Waals surface area contributed by atoms with Gasteiger partial charge in [-0.2, -0.15) is 4.72 Å². The highest BCUT2D eigenvalue weighted by Crippen LogP contribution is 2.18. The van der Waals surface area contributed by atoms with Gasteiger partial charge in [-0.25, -0.2) is 8.42 Å². The molecule has 1 aromatic heterocycles. The third-order valence-electron chi connectivity index (χ3n) is 3.35. The van der Waals surface area contributed by atoms with Gasteiger partial charge in [0.05, 0.1) is 6.04 Å². The van der Waals surface area contributed by atoms with Crippen LogP contribution in [-0.2, 0) is 14.8 Å². The average Bonchev–Trinajstić information content (AvgIpc) is 2.76. The normalized spacial score (nSPS) is 14.1. The Labute approximate surface area is 149 Å². The van der Waals surface area contributed by atoms with Gasteiger partial charge in [0.2, 0.25) is 15.9 Å². The smallest absolute Gasteiger partial charge is 0.246 e. The van der Waals surface area contributed by atoms with E-state index in [4.69, 9.17) is 10.3 Å². The third kappa shape index (κ3) is 6.04. The van der Waals surface area contributed by atoms with Gasteiger partial charge in [0.1, 0.15) is 10.6 Å². The molecule has 140 valence electrons. The first-order valence-electron chi connectivity index (χ1n) is 7.54. The lowest BCUT2D eigenvalue weighted by molar-refractivity contribution is -0.123. The zero-order valence-electron chi connectivity index (χ0n) is 14.6. The number of carbonyl (C=O) groups is 1. The summed E-state index contributed by atoms with van der Waals surface area (Å²) in [5, 5.41) is 6.38. The summed E-state index contributed by atoms with van der Waals surface area (Å²) in [7, 11) is -3.89. The van der Waals surface area contributed by atoms with Gasteiger partial charge in [-0.15, -0.1) is 12.4 Å². The van der Waals surface area contributed by atoms with Gasteiger partial charge in [-0.05, 0) is 33.1 Å². The highest BCUT2D eigenvalue weighted by Gasteiger charge is 2.28. The Balaban J connectivity index is 0.00000529. The zero-order valence-corrected chi connectivity index (χ0v) is 16.3. The second kappa shape index (κ2) is 9.36. The maximum absolute atomic E-state index is 12.4. The van der Waals surface area contributed by atoms with Crippen molar-refractivity contribution in [3.63, 3.8) is 0 Å². The molecule has 2 atom stereocenters. The van der Waals surface area contributed by atoms with Crippen LogP contribution in [0.15, 0.2) is 9.42 Å². The van der Waals surface area contributed by atoms with Crippen molar-refractivity contribution >= 4 is 28.3 Å². The molecule has 2 unspecified atom stereocenters. The summed E-state index contributed by atoms with van der Waals surface area (Å²) >= 11 is 0. The van der Waals surface area contributed by atoms with Crippen molar-refractivity contribution in [3.05, 3.63) is 11.5 Å². The topological polar surface area (TPSA) is 127 Å². The highest BCUT2D eigenvalue weighted by molar-refractivity contribution is 7.89. The first-order valence-corrected chi connectivity index (χ1v) is 9.02. The van der Waals surface area contributed by atoms with Crippen LogP contribution < -0.4 is 15.8 Å². The Kier molecular flexibility index (Phi) is 8.90.